The van der Waals surface area contributed by atoms with Crippen molar-refractivity contribution < 1.29 is 4.79 Å². The van der Waals surface area contributed by atoms with Crippen LogP contribution in [-0.2, 0) is 4.79 Å². The number of hydrogen-bond donors (Lipinski definition) is 2. The first-order valence-electron chi connectivity index (χ1n) is 6.74. The van der Waals surface area contributed by atoms with Crippen LogP contribution in [0.15, 0.2) is 29.8 Å². The lowest BCUT2D eigenvalue weighted by Gasteiger charge is -2.21. The maximum absolute atomic E-state index is 12.1. The van der Waals surface area contributed by atoms with E-state index in [1.54, 1.807) is 6.20 Å². The minimum atomic E-state index is -0.0917. The molecule has 8 heteroatoms. The summed E-state index contributed by atoms with van der Waals surface area (Å²) in [7, 11) is 0. The van der Waals surface area contributed by atoms with Crippen molar-refractivity contribution in [1.29, 1.82) is 0 Å². The third kappa shape index (κ3) is 4.64. The van der Waals surface area contributed by atoms with Crippen LogP contribution < -0.4 is 10.6 Å². The summed E-state index contributed by atoms with van der Waals surface area (Å²) in [4.78, 5) is 20.8. The number of nitrogens with one attached hydrogen (secondary N) is 2. The lowest BCUT2D eigenvalue weighted by Crippen LogP contribution is -2.43. The first-order valence-corrected chi connectivity index (χ1v) is 7.62. The van der Waals surface area contributed by atoms with Crippen molar-refractivity contribution in [2.45, 2.75) is 25.3 Å². The molecular formula is C14H18Cl2N4OS. The Morgan fingerprint density at radius 2 is 2.14 bits per heavy atom. The van der Waals surface area contributed by atoms with Crippen LogP contribution in [0.25, 0.3) is 11.4 Å². The van der Waals surface area contributed by atoms with Gasteiger partial charge in [0, 0.05) is 11.6 Å². The van der Waals surface area contributed by atoms with E-state index in [0.29, 0.717) is 5.13 Å². The molecule has 0 aliphatic carbocycles. The predicted molar refractivity (Wildman–Crippen MR) is 94.1 cm³/mol. The molecule has 22 heavy (non-hydrogen) atoms. The van der Waals surface area contributed by atoms with E-state index in [4.69, 9.17) is 0 Å². The Morgan fingerprint density at radius 1 is 1.27 bits per heavy atom. The van der Waals surface area contributed by atoms with Crippen molar-refractivity contribution in [3.05, 3.63) is 29.8 Å². The number of nitrogens with zero attached hydrogens (tertiary/aromatic N) is 2. The van der Waals surface area contributed by atoms with Gasteiger partial charge in [-0.25, -0.2) is 4.98 Å². The standard InChI is InChI=1S/C14H16N4OS.2ClH/c19-13(11-6-2-4-8-16-11)18-14-17-12(9-20-14)10-5-1-3-7-15-10;;/h1,3,5,7,9,11,16H,2,4,6,8H2,(H,17,18,19);2*1H/t11-;;/m0../s1. The number of amides is 1. The van der Waals surface area contributed by atoms with Crippen LogP contribution in [0.4, 0.5) is 5.13 Å². The number of halogens is 2. The van der Waals surface area contributed by atoms with E-state index in [9.17, 15) is 4.79 Å². The van der Waals surface area contributed by atoms with Crippen LogP contribution in [0.2, 0.25) is 0 Å². The van der Waals surface area contributed by atoms with Crippen molar-refractivity contribution in [3.63, 3.8) is 0 Å². The molecule has 0 bridgehead atoms. The summed E-state index contributed by atoms with van der Waals surface area (Å²) in [6.07, 6.45) is 4.87. The number of hydrogen-bond acceptors (Lipinski definition) is 5. The number of thiazole rings is 1. The lowest BCUT2D eigenvalue weighted by atomic mass is 10.0. The molecule has 2 aromatic rings. The quantitative estimate of drug-likeness (QED) is 0.882. The largest absolute Gasteiger partial charge is 0.306 e. The van der Waals surface area contributed by atoms with Crippen molar-refractivity contribution in [2.75, 3.05) is 11.9 Å². The molecule has 3 rings (SSSR count). The summed E-state index contributed by atoms with van der Waals surface area (Å²) >= 11 is 1.43. The van der Waals surface area contributed by atoms with Gasteiger partial charge in [-0.3, -0.25) is 9.78 Å². The molecule has 1 atom stereocenters. The van der Waals surface area contributed by atoms with Crippen LogP contribution in [-0.4, -0.2) is 28.5 Å². The van der Waals surface area contributed by atoms with Crippen molar-refractivity contribution in [3.8, 4) is 11.4 Å². The second kappa shape index (κ2) is 9.05. The van der Waals surface area contributed by atoms with E-state index >= 15 is 0 Å². The fourth-order valence-corrected chi connectivity index (χ4v) is 2.94. The molecule has 2 N–H and O–H groups in total. The number of rotatable bonds is 3. The highest BCUT2D eigenvalue weighted by Gasteiger charge is 2.21. The van der Waals surface area contributed by atoms with Crippen molar-refractivity contribution >= 4 is 47.2 Å². The Bertz CT molecular complexity index is 588. The maximum atomic E-state index is 12.1. The molecule has 1 fully saturated rings. The molecule has 1 saturated heterocycles. The average molecular weight is 361 g/mol. The minimum absolute atomic E-state index is 0. The Morgan fingerprint density at radius 3 is 2.82 bits per heavy atom. The second-order valence-corrected chi connectivity index (χ2v) is 5.60. The van der Waals surface area contributed by atoms with Gasteiger partial charge in [0.05, 0.1) is 11.7 Å². The fraction of sp³-hybridized carbons (Fsp3) is 0.357. The van der Waals surface area contributed by atoms with Crippen LogP contribution in [0.3, 0.4) is 0 Å². The maximum Gasteiger partial charge on any atom is 0.243 e. The van der Waals surface area contributed by atoms with E-state index in [1.165, 1.54) is 11.3 Å². The van der Waals surface area contributed by atoms with E-state index in [-0.39, 0.29) is 36.8 Å². The smallest absolute Gasteiger partial charge is 0.243 e. The molecule has 120 valence electrons. The highest BCUT2D eigenvalue weighted by atomic mass is 35.5. The Hall–Kier alpha value is -1.21. The first kappa shape index (κ1) is 18.8. The molecule has 1 aliphatic heterocycles. The zero-order chi connectivity index (χ0) is 13.8. The summed E-state index contributed by atoms with van der Waals surface area (Å²) < 4.78 is 0. The minimum Gasteiger partial charge on any atom is -0.306 e. The monoisotopic (exact) mass is 360 g/mol. The van der Waals surface area contributed by atoms with Crippen LogP contribution in [0.1, 0.15) is 19.3 Å². The van der Waals surface area contributed by atoms with Gasteiger partial charge in [-0.2, -0.15) is 0 Å². The Balaban J connectivity index is 0.00000121. The van der Waals surface area contributed by atoms with E-state index in [1.807, 2.05) is 23.6 Å². The molecule has 0 spiro atoms. The summed E-state index contributed by atoms with van der Waals surface area (Å²) in [5.74, 6) is 0.00613. The average Bonchev–Trinajstić information content (AvgIpc) is 2.97. The zero-order valence-corrected chi connectivity index (χ0v) is 14.3. The van der Waals surface area contributed by atoms with Gasteiger partial charge in [-0.15, -0.1) is 36.2 Å². The third-order valence-electron chi connectivity index (χ3n) is 3.29. The molecule has 1 aliphatic rings. The van der Waals surface area contributed by atoms with Crippen molar-refractivity contribution in [2.24, 2.45) is 0 Å². The molecule has 5 nitrogen and oxygen atoms in total. The zero-order valence-electron chi connectivity index (χ0n) is 11.8. The lowest BCUT2D eigenvalue weighted by molar-refractivity contribution is -0.118. The van der Waals surface area contributed by atoms with E-state index in [0.717, 1.165) is 37.2 Å². The molecule has 0 aromatic carbocycles. The van der Waals surface area contributed by atoms with Crippen molar-refractivity contribution in [1.82, 2.24) is 15.3 Å². The summed E-state index contributed by atoms with van der Waals surface area (Å²) in [6, 6.07) is 5.61. The number of anilines is 1. The highest BCUT2D eigenvalue weighted by molar-refractivity contribution is 7.14. The fourth-order valence-electron chi connectivity index (χ4n) is 2.23. The van der Waals surface area contributed by atoms with Crippen LogP contribution >= 0.6 is 36.2 Å². The third-order valence-corrected chi connectivity index (χ3v) is 4.05. The van der Waals surface area contributed by atoms with Gasteiger partial charge in [0.25, 0.3) is 0 Å². The Kier molecular flexibility index (Phi) is 7.75. The van der Waals surface area contributed by atoms with Crippen LogP contribution in [0.5, 0.6) is 0 Å². The van der Waals surface area contributed by atoms with Gasteiger partial charge in [0.2, 0.25) is 5.91 Å². The summed E-state index contributed by atoms with van der Waals surface area (Å²) in [5.41, 5.74) is 1.61. The molecule has 0 saturated carbocycles. The Labute approximate surface area is 145 Å². The normalized spacial score (nSPS) is 17.0. The number of carbonyl (C=O) groups is 1. The van der Waals surface area contributed by atoms with E-state index in [2.05, 4.69) is 20.6 Å². The molecule has 3 heterocycles. The molecule has 1 amide bonds. The number of carbonyl (C=O) groups excluding carboxylic acids is 1. The number of pyridine rings is 1. The summed E-state index contributed by atoms with van der Waals surface area (Å²) in [6.45, 7) is 0.912. The molecule has 0 radical (unpaired) electrons. The highest BCUT2D eigenvalue weighted by Crippen LogP contribution is 2.23. The van der Waals surface area contributed by atoms with Gasteiger partial charge in [0.1, 0.15) is 5.69 Å². The first-order chi connectivity index (χ1) is 9.83. The summed E-state index contributed by atoms with van der Waals surface area (Å²) in [5, 5.41) is 8.65. The van der Waals surface area contributed by atoms with Gasteiger partial charge < -0.3 is 10.6 Å². The second-order valence-electron chi connectivity index (χ2n) is 4.74. The van der Waals surface area contributed by atoms with Gasteiger partial charge in [0.15, 0.2) is 5.13 Å². The number of piperidine rings is 1. The topological polar surface area (TPSA) is 66.9 Å². The number of aromatic nitrogens is 2. The predicted octanol–water partition coefficient (Wildman–Crippen LogP) is 3.13. The molecular weight excluding hydrogens is 343 g/mol. The van der Waals surface area contributed by atoms with E-state index < -0.39 is 0 Å². The van der Waals surface area contributed by atoms with Crippen LogP contribution in [0, 0.1) is 0 Å². The van der Waals surface area contributed by atoms with Gasteiger partial charge in [-0.05, 0) is 31.5 Å². The van der Waals surface area contributed by atoms with Gasteiger partial charge >= 0.3 is 0 Å². The SMILES string of the molecule is Cl.Cl.O=C(Nc1nc(-c2ccccn2)cs1)[C@@H]1CCCCN1. The van der Waals surface area contributed by atoms with Gasteiger partial charge in [-0.1, -0.05) is 12.5 Å². The molecule has 2 aromatic heterocycles. The molecule has 0 unspecified atom stereocenters.